The molecule has 0 aromatic carbocycles. The Morgan fingerprint density at radius 3 is 2.84 bits per heavy atom. The summed E-state index contributed by atoms with van der Waals surface area (Å²) in [7, 11) is 0. The molecule has 1 atom stereocenters. The van der Waals surface area contributed by atoms with Gasteiger partial charge in [-0.25, -0.2) is 9.78 Å². The molecule has 6 heteroatoms. The number of esters is 1. The Hall–Kier alpha value is -1.95. The lowest BCUT2D eigenvalue weighted by Crippen LogP contribution is -2.46. The van der Waals surface area contributed by atoms with Crippen molar-refractivity contribution in [3.63, 3.8) is 0 Å². The van der Waals surface area contributed by atoms with E-state index in [9.17, 15) is 4.79 Å². The first-order chi connectivity index (χ1) is 12.2. The van der Waals surface area contributed by atoms with Gasteiger partial charge >= 0.3 is 5.97 Å². The number of nitrogens with zero attached hydrogens (tertiary/aromatic N) is 3. The van der Waals surface area contributed by atoms with Crippen molar-refractivity contribution in [2.24, 2.45) is 0 Å². The van der Waals surface area contributed by atoms with Gasteiger partial charge in [0.15, 0.2) is 0 Å². The smallest absolute Gasteiger partial charge is 0.330 e. The van der Waals surface area contributed by atoms with Crippen molar-refractivity contribution in [3.8, 4) is 0 Å². The molecule has 1 saturated carbocycles. The lowest BCUT2D eigenvalue weighted by atomic mass is 10.0. The zero-order valence-corrected chi connectivity index (χ0v) is 15.0. The average Bonchev–Trinajstić information content (AvgIpc) is 3.16. The Labute approximate surface area is 149 Å². The van der Waals surface area contributed by atoms with Gasteiger partial charge in [-0.3, -0.25) is 9.88 Å². The average molecular weight is 344 g/mol. The number of aromatic nitrogens is 2. The van der Waals surface area contributed by atoms with E-state index >= 15 is 0 Å². The summed E-state index contributed by atoms with van der Waals surface area (Å²) >= 11 is 0. The second-order valence-corrected chi connectivity index (χ2v) is 6.83. The van der Waals surface area contributed by atoms with Crippen LogP contribution in [0.15, 0.2) is 18.5 Å². The van der Waals surface area contributed by atoms with Crippen LogP contribution in [0.3, 0.4) is 0 Å². The molecule has 1 aromatic heterocycles. The third kappa shape index (κ3) is 5.26. The molecule has 1 saturated heterocycles. The summed E-state index contributed by atoms with van der Waals surface area (Å²) in [5, 5.41) is 3.52. The van der Waals surface area contributed by atoms with E-state index in [2.05, 4.69) is 20.2 Å². The number of hydrogen-bond acceptors (Lipinski definition) is 6. The lowest BCUT2D eigenvalue weighted by Gasteiger charge is -2.37. The highest BCUT2D eigenvalue weighted by atomic mass is 16.5. The van der Waals surface area contributed by atoms with Crippen molar-refractivity contribution < 1.29 is 9.53 Å². The van der Waals surface area contributed by atoms with Gasteiger partial charge in [0.2, 0.25) is 0 Å². The van der Waals surface area contributed by atoms with E-state index < -0.39 is 0 Å². The van der Waals surface area contributed by atoms with Crippen molar-refractivity contribution in [1.82, 2.24) is 14.9 Å². The van der Waals surface area contributed by atoms with Gasteiger partial charge in [0, 0.05) is 24.7 Å². The molecule has 25 heavy (non-hydrogen) atoms. The molecule has 0 bridgehead atoms. The Morgan fingerprint density at radius 2 is 2.12 bits per heavy atom. The highest BCUT2D eigenvalue weighted by Gasteiger charge is 2.27. The predicted octanol–water partition coefficient (Wildman–Crippen LogP) is 2.87. The number of anilines is 1. The Balaban J connectivity index is 1.51. The maximum atomic E-state index is 11.3. The fraction of sp³-hybridized carbons (Fsp3) is 0.632. The summed E-state index contributed by atoms with van der Waals surface area (Å²) in [6, 6.07) is 1.22. The number of piperidine rings is 1. The maximum absolute atomic E-state index is 11.3. The molecule has 0 amide bonds. The molecule has 1 aliphatic heterocycles. The van der Waals surface area contributed by atoms with E-state index in [1.165, 1.54) is 51.1 Å². The Kier molecular flexibility index (Phi) is 6.39. The second-order valence-electron chi connectivity index (χ2n) is 6.83. The normalized spacial score (nSPS) is 22.4. The van der Waals surface area contributed by atoms with Gasteiger partial charge in [-0.2, -0.15) is 0 Å². The van der Waals surface area contributed by atoms with Crippen LogP contribution in [0.4, 0.5) is 5.82 Å². The lowest BCUT2D eigenvalue weighted by molar-refractivity contribution is -0.137. The topological polar surface area (TPSA) is 67.3 Å². The van der Waals surface area contributed by atoms with Crippen molar-refractivity contribution >= 4 is 17.9 Å². The molecule has 0 spiro atoms. The number of ether oxygens (including phenoxy) is 1. The molecule has 1 aliphatic carbocycles. The van der Waals surface area contributed by atoms with E-state index in [4.69, 9.17) is 4.74 Å². The minimum absolute atomic E-state index is 0.360. The zero-order chi connectivity index (χ0) is 17.5. The van der Waals surface area contributed by atoms with Crippen molar-refractivity contribution in [1.29, 1.82) is 0 Å². The van der Waals surface area contributed by atoms with Crippen LogP contribution < -0.4 is 5.32 Å². The molecule has 0 radical (unpaired) electrons. The zero-order valence-electron chi connectivity index (χ0n) is 15.0. The molecule has 136 valence electrons. The number of carbonyl (C=O) groups excluding carboxylic acids is 1. The van der Waals surface area contributed by atoms with Crippen LogP contribution in [0.5, 0.6) is 0 Å². The van der Waals surface area contributed by atoms with Gasteiger partial charge < -0.3 is 10.1 Å². The molecular formula is C19H28N4O2. The van der Waals surface area contributed by atoms with Gasteiger partial charge in [-0.1, -0.05) is 12.8 Å². The van der Waals surface area contributed by atoms with Gasteiger partial charge in [0.25, 0.3) is 0 Å². The van der Waals surface area contributed by atoms with Crippen LogP contribution in [0, 0.1) is 0 Å². The summed E-state index contributed by atoms with van der Waals surface area (Å²) in [6.07, 6.45) is 14.3. The van der Waals surface area contributed by atoms with Gasteiger partial charge in [-0.05, 0) is 45.2 Å². The summed E-state index contributed by atoms with van der Waals surface area (Å²) < 4.78 is 4.85. The highest BCUT2D eigenvalue weighted by Crippen LogP contribution is 2.26. The molecule has 1 aromatic rings. The third-order valence-electron chi connectivity index (χ3n) is 4.99. The molecule has 6 nitrogen and oxygen atoms in total. The van der Waals surface area contributed by atoms with Crippen LogP contribution >= 0.6 is 0 Å². The Morgan fingerprint density at radius 1 is 1.28 bits per heavy atom. The van der Waals surface area contributed by atoms with Crippen LogP contribution in [0.25, 0.3) is 6.08 Å². The van der Waals surface area contributed by atoms with E-state index in [0.29, 0.717) is 18.3 Å². The predicted molar refractivity (Wildman–Crippen MR) is 98.2 cm³/mol. The van der Waals surface area contributed by atoms with Gasteiger partial charge in [0.1, 0.15) is 5.82 Å². The molecule has 1 N–H and O–H groups in total. The molecule has 2 heterocycles. The SMILES string of the molecule is CCOC(=O)C=Cc1cnc(N[C@@H]2CCCN(C3CCCC3)C2)cn1. The number of nitrogens with one attached hydrogen (secondary N) is 1. The summed E-state index contributed by atoms with van der Waals surface area (Å²) in [6.45, 7) is 4.48. The maximum Gasteiger partial charge on any atom is 0.330 e. The molecular weight excluding hydrogens is 316 g/mol. The molecule has 3 rings (SSSR count). The fourth-order valence-corrected chi connectivity index (χ4v) is 3.78. The van der Waals surface area contributed by atoms with E-state index in [-0.39, 0.29) is 5.97 Å². The van der Waals surface area contributed by atoms with Gasteiger partial charge in [0.05, 0.1) is 24.7 Å². The largest absolute Gasteiger partial charge is 0.463 e. The van der Waals surface area contributed by atoms with Gasteiger partial charge in [-0.15, -0.1) is 0 Å². The monoisotopic (exact) mass is 344 g/mol. The van der Waals surface area contributed by atoms with Crippen LogP contribution in [0.1, 0.15) is 51.1 Å². The highest BCUT2D eigenvalue weighted by molar-refractivity contribution is 5.86. The Bertz CT molecular complexity index is 582. The standard InChI is InChI=1S/C19H28N4O2/c1-2-25-19(24)10-9-15-12-21-18(13-20-15)22-16-6-5-11-23(14-16)17-7-3-4-8-17/h9-10,12-13,16-17H,2-8,11,14H2,1H3,(H,21,22)/t16-/m1/s1. The summed E-state index contributed by atoms with van der Waals surface area (Å²) in [5.74, 6) is 0.437. The van der Waals surface area contributed by atoms with Crippen LogP contribution in [-0.2, 0) is 9.53 Å². The fourth-order valence-electron chi connectivity index (χ4n) is 3.78. The quantitative estimate of drug-likeness (QED) is 0.632. The van der Waals surface area contributed by atoms with Crippen LogP contribution in [0.2, 0.25) is 0 Å². The summed E-state index contributed by atoms with van der Waals surface area (Å²) in [4.78, 5) is 22.7. The minimum Gasteiger partial charge on any atom is -0.463 e. The number of likely N-dealkylation sites (tertiary alicyclic amines) is 1. The molecule has 0 unspecified atom stereocenters. The van der Waals surface area contributed by atoms with Crippen molar-refractivity contribution in [2.75, 3.05) is 25.0 Å². The number of carbonyl (C=O) groups is 1. The number of rotatable bonds is 6. The van der Waals surface area contributed by atoms with E-state index in [1.807, 2.05) is 0 Å². The summed E-state index contributed by atoms with van der Waals surface area (Å²) in [5.41, 5.74) is 0.648. The first-order valence-electron chi connectivity index (χ1n) is 9.42. The van der Waals surface area contributed by atoms with Crippen LogP contribution in [-0.4, -0.2) is 52.6 Å². The van der Waals surface area contributed by atoms with E-state index in [1.54, 1.807) is 25.4 Å². The molecule has 2 aliphatic rings. The first-order valence-corrected chi connectivity index (χ1v) is 9.42. The van der Waals surface area contributed by atoms with Crippen molar-refractivity contribution in [3.05, 3.63) is 24.2 Å². The second kappa shape index (κ2) is 8.94. The molecule has 2 fully saturated rings. The van der Waals surface area contributed by atoms with E-state index in [0.717, 1.165) is 18.4 Å². The third-order valence-corrected chi connectivity index (χ3v) is 4.99. The number of hydrogen-bond donors (Lipinski definition) is 1. The minimum atomic E-state index is -0.360. The first kappa shape index (κ1) is 17.9. The van der Waals surface area contributed by atoms with Crippen molar-refractivity contribution in [2.45, 2.75) is 57.5 Å².